The molecule has 0 radical (unpaired) electrons. The van der Waals surface area contributed by atoms with Crippen molar-refractivity contribution in [3.05, 3.63) is 35.0 Å². The van der Waals surface area contributed by atoms with Gasteiger partial charge in [-0.3, -0.25) is 4.98 Å². The van der Waals surface area contributed by atoms with Crippen LogP contribution in [0.2, 0.25) is 0 Å². The van der Waals surface area contributed by atoms with Crippen molar-refractivity contribution >= 4 is 10.9 Å². The van der Waals surface area contributed by atoms with E-state index in [0.717, 1.165) is 42.8 Å². The monoisotopic (exact) mass is 258 g/mol. The van der Waals surface area contributed by atoms with E-state index in [0.29, 0.717) is 0 Å². The Hall–Kier alpha value is -1.61. The van der Waals surface area contributed by atoms with E-state index in [-0.39, 0.29) is 0 Å². The maximum Gasteiger partial charge on any atom is 0.122 e. The van der Waals surface area contributed by atoms with Crippen molar-refractivity contribution in [3.8, 4) is 5.75 Å². The summed E-state index contributed by atoms with van der Waals surface area (Å²) in [5, 5.41) is 1.24. The van der Waals surface area contributed by atoms with Gasteiger partial charge in [-0.15, -0.1) is 0 Å². The average molecular weight is 258 g/mol. The number of hydrogen-bond donors (Lipinski definition) is 1. The average Bonchev–Trinajstić information content (AvgIpc) is 2.38. The summed E-state index contributed by atoms with van der Waals surface area (Å²) in [5.41, 5.74) is 10.2. The Balaban J connectivity index is 2.55. The van der Waals surface area contributed by atoms with Crippen LogP contribution in [0.15, 0.2) is 18.2 Å². The van der Waals surface area contributed by atoms with Crippen molar-refractivity contribution in [2.75, 3.05) is 13.7 Å². The van der Waals surface area contributed by atoms with Gasteiger partial charge in [0.25, 0.3) is 0 Å². The van der Waals surface area contributed by atoms with Gasteiger partial charge in [0.2, 0.25) is 0 Å². The quantitative estimate of drug-likeness (QED) is 0.838. The largest absolute Gasteiger partial charge is 0.496 e. The van der Waals surface area contributed by atoms with E-state index in [1.165, 1.54) is 16.5 Å². The second kappa shape index (κ2) is 6.02. The molecule has 0 spiro atoms. The minimum Gasteiger partial charge on any atom is -0.496 e. The van der Waals surface area contributed by atoms with Gasteiger partial charge in [0.15, 0.2) is 0 Å². The molecule has 102 valence electrons. The Morgan fingerprint density at radius 2 is 2.00 bits per heavy atom. The Morgan fingerprint density at radius 1 is 1.21 bits per heavy atom. The summed E-state index contributed by atoms with van der Waals surface area (Å²) in [7, 11) is 1.73. The maximum absolute atomic E-state index is 5.58. The number of pyridine rings is 1. The number of unbranched alkanes of at least 4 members (excludes halogenated alkanes) is 1. The number of nitrogens with zero attached hydrogens (tertiary/aromatic N) is 1. The van der Waals surface area contributed by atoms with E-state index >= 15 is 0 Å². The minimum atomic E-state index is 0.740. The summed E-state index contributed by atoms with van der Waals surface area (Å²) in [6, 6.07) is 6.20. The van der Waals surface area contributed by atoms with Crippen LogP contribution in [0.3, 0.4) is 0 Å². The van der Waals surface area contributed by atoms with Gasteiger partial charge >= 0.3 is 0 Å². The molecule has 19 heavy (non-hydrogen) atoms. The summed E-state index contributed by atoms with van der Waals surface area (Å²) < 4.78 is 5.51. The summed E-state index contributed by atoms with van der Waals surface area (Å²) in [5.74, 6) is 0.957. The molecule has 0 aliphatic carbocycles. The van der Waals surface area contributed by atoms with Crippen LogP contribution in [0.4, 0.5) is 0 Å². The molecular weight excluding hydrogens is 236 g/mol. The number of benzene rings is 1. The molecule has 0 aliphatic rings. The fourth-order valence-electron chi connectivity index (χ4n) is 2.64. The fraction of sp³-hybridized carbons (Fsp3) is 0.438. The number of rotatable bonds is 5. The van der Waals surface area contributed by atoms with Gasteiger partial charge in [-0.25, -0.2) is 0 Å². The Morgan fingerprint density at radius 3 is 2.68 bits per heavy atom. The van der Waals surface area contributed by atoms with Crippen LogP contribution >= 0.6 is 0 Å². The topological polar surface area (TPSA) is 48.1 Å². The standard InChI is InChI=1S/C16H22N2O/c1-11-10-12(2)18-14-7-8-15(19-3)13(16(11)14)6-4-5-9-17/h7-8,10H,4-6,9,17H2,1-3H3. The summed E-state index contributed by atoms with van der Waals surface area (Å²) in [6.45, 7) is 4.91. The van der Waals surface area contributed by atoms with Crippen molar-refractivity contribution in [2.45, 2.75) is 33.1 Å². The van der Waals surface area contributed by atoms with Gasteiger partial charge in [-0.05, 0) is 63.4 Å². The molecular formula is C16H22N2O. The molecule has 2 N–H and O–H groups in total. The van der Waals surface area contributed by atoms with E-state index in [4.69, 9.17) is 10.5 Å². The molecule has 1 heterocycles. The molecule has 0 aliphatic heterocycles. The van der Waals surface area contributed by atoms with E-state index in [9.17, 15) is 0 Å². The van der Waals surface area contributed by atoms with Gasteiger partial charge in [-0.1, -0.05) is 0 Å². The molecule has 0 amide bonds. The van der Waals surface area contributed by atoms with Crippen molar-refractivity contribution in [1.82, 2.24) is 4.98 Å². The number of hydrogen-bond acceptors (Lipinski definition) is 3. The molecule has 1 aromatic carbocycles. The summed E-state index contributed by atoms with van der Waals surface area (Å²) in [4.78, 5) is 4.62. The molecule has 0 fully saturated rings. The zero-order chi connectivity index (χ0) is 13.8. The number of methoxy groups -OCH3 is 1. The molecule has 3 nitrogen and oxygen atoms in total. The third-order valence-corrected chi connectivity index (χ3v) is 3.47. The fourth-order valence-corrected chi connectivity index (χ4v) is 2.64. The van der Waals surface area contributed by atoms with Crippen molar-refractivity contribution in [3.63, 3.8) is 0 Å². The first-order chi connectivity index (χ1) is 9.17. The van der Waals surface area contributed by atoms with Crippen LogP contribution in [0.25, 0.3) is 10.9 Å². The highest BCUT2D eigenvalue weighted by molar-refractivity contribution is 5.87. The second-order valence-electron chi connectivity index (χ2n) is 4.97. The van der Waals surface area contributed by atoms with Crippen LogP contribution in [-0.4, -0.2) is 18.6 Å². The maximum atomic E-state index is 5.58. The molecule has 0 atom stereocenters. The second-order valence-corrected chi connectivity index (χ2v) is 4.97. The SMILES string of the molecule is COc1ccc2nc(C)cc(C)c2c1CCCCN. The Kier molecular flexibility index (Phi) is 4.38. The molecule has 2 rings (SSSR count). The summed E-state index contributed by atoms with van der Waals surface area (Å²) in [6.07, 6.45) is 3.11. The first-order valence-corrected chi connectivity index (χ1v) is 6.81. The highest BCUT2D eigenvalue weighted by Gasteiger charge is 2.11. The van der Waals surface area contributed by atoms with E-state index in [1.54, 1.807) is 7.11 Å². The third-order valence-electron chi connectivity index (χ3n) is 3.47. The summed E-state index contributed by atoms with van der Waals surface area (Å²) >= 11 is 0. The van der Waals surface area contributed by atoms with Gasteiger partial charge in [0.1, 0.15) is 5.75 Å². The van der Waals surface area contributed by atoms with Crippen molar-refractivity contribution < 1.29 is 4.74 Å². The molecule has 3 heteroatoms. The van der Waals surface area contributed by atoms with Gasteiger partial charge in [0.05, 0.1) is 12.6 Å². The minimum absolute atomic E-state index is 0.740. The molecule has 2 aromatic rings. The van der Waals surface area contributed by atoms with Crippen LogP contribution < -0.4 is 10.5 Å². The van der Waals surface area contributed by atoms with Gasteiger partial charge in [-0.2, -0.15) is 0 Å². The number of nitrogens with two attached hydrogens (primary N) is 1. The zero-order valence-electron chi connectivity index (χ0n) is 12.0. The number of fused-ring (bicyclic) bond motifs is 1. The smallest absolute Gasteiger partial charge is 0.122 e. The normalized spacial score (nSPS) is 10.9. The van der Waals surface area contributed by atoms with Crippen LogP contribution in [0.1, 0.15) is 29.7 Å². The lowest BCUT2D eigenvalue weighted by molar-refractivity contribution is 0.410. The highest BCUT2D eigenvalue weighted by atomic mass is 16.5. The zero-order valence-corrected chi connectivity index (χ0v) is 12.0. The van der Waals surface area contributed by atoms with Crippen molar-refractivity contribution in [1.29, 1.82) is 0 Å². The lowest BCUT2D eigenvalue weighted by Gasteiger charge is -2.14. The molecule has 0 bridgehead atoms. The van der Waals surface area contributed by atoms with Crippen molar-refractivity contribution in [2.24, 2.45) is 5.73 Å². The van der Waals surface area contributed by atoms with E-state index in [2.05, 4.69) is 18.0 Å². The highest BCUT2D eigenvalue weighted by Crippen LogP contribution is 2.31. The number of aryl methyl sites for hydroxylation is 3. The lowest BCUT2D eigenvalue weighted by Crippen LogP contribution is -2.01. The van der Waals surface area contributed by atoms with E-state index in [1.807, 2.05) is 19.1 Å². The van der Waals surface area contributed by atoms with Crippen LogP contribution in [-0.2, 0) is 6.42 Å². The molecule has 0 unspecified atom stereocenters. The van der Waals surface area contributed by atoms with E-state index < -0.39 is 0 Å². The molecule has 0 saturated heterocycles. The van der Waals surface area contributed by atoms with Gasteiger partial charge < -0.3 is 10.5 Å². The predicted molar refractivity (Wildman–Crippen MR) is 79.8 cm³/mol. The molecule has 0 saturated carbocycles. The Labute approximate surface area is 114 Å². The number of aromatic nitrogens is 1. The Bertz CT molecular complexity index is 578. The first kappa shape index (κ1) is 13.8. The third kappa shape index (κ3) is 2.87. The van der Waals surface area contributed by atoms with Gasteiger partial charge in [0, 0.05) is 16.6 Å². The van der Waals surface area contributed by atoms with Crippen LogP contribution in [0.5, 0.6) is 5.75 Å². The van der Waals surface area contributed by atoms with Crippen LogP contribution in [0, 0.1) is 13.8 Å². The first-order valence-electron chi connectivity index (χ1n) is 6.81. The lowest BCUT2D eigenvalue weighted by atomic mass is 9.98. The number of ether oxygens (including phenoxy) is 1. The molecule has 1 aromatic heterocycles. The predicted octanol–water partition coefficient (Wildman–Crippen LogP) is 3.14.